The van der Waals surface area contributed by atoms with Crippen molar-refractivity contribution < 1.29 is 19.0 Å². The third-order valence-corrected chi connectivity index (χ3v) is 3.03. The second-order valence-corrected chi connectivity index (χ2v) is 4.27. The standard InChI is InChI=1S/C13H14O4/c14-13-5-4-10(17-13)9-2-3-11-12(8-9)16-7-1-6-15-11/h2-3,8,10H,1,4-7H2. The highest BCUT2D eigenvalue weighted by Gasteiger charge is 2.26. The molecule has 1 unspecified atom stereocenters. The van der Waals surface area contributed by atoms with Crippen molar-refractivity contribution in [3.05, 3.63) is 23.8 Å². The van der Waals surface area contributed by atoms with Gasteiger partial charge in [-0.2, -0.15) is 0 Å². The van der Waals surface area contributed by atoms with Crippen LogP contribution in [0.3, 0.4) is 0 Å². The summed E-state index contributed by atoms with van der Waals surface area (Å²) >= 11 is 0. The van der Waals surface area contributed by atoms with E-state index in [1.54, 1.807) is 0 Å². The summed E-state index contributed by atoms with van der Waals surface area (Å²) in [4.78, 5) is 11.1. The van der Waals surface area contributed by atoms with Gasteiger partial charge in [-0.05, 0) is 24.1 Å². The highest BCUT2D eigenvalue weighted by molar-refractivity contribution is 5.71. The van der Waals surface area contributed by atoms with Gasteiger partial charge in [-0.3, -0.25) is 4.79 Å². The summed E-state index contributed by atoms with van der Waals surface area (Å²) in [5, 5.41) is 0. The Bertz CT molecular complexity index is 441. The molecule has 17 heavy (non-hydrogen) atoms. The minimum absolute atomic E-state index is 0.123. The van der Waals surface area contributed by atoms with Crippen molar-refractivity contribution in [2.75, 3.05) is 13.2 Å². The van der Waals surface area contributed by atoms with Crippen LogP contribution >= 0.6 is 0 Å². The molecular formula is C13H14O4. The lowest BCUT2D eigenvalue weighted by atomic mass is 10.1. The molecule has 90 valence electrons. The first-order valence-corrected chi connectivity index (χ1v) is 5.92. The van der Waals surface area contributed by atoms with Gasteiger partial charge in [0.1, 0.15) is 6.10 Å². The number of benzene rings is 1. The van der Waals surface area contributed by atoms with E-state index >= 15 is 0 Å². The Kier molecular flexibility index (Phi) is 2.63. The van der Waals surface area contributed by atoms with Crippen molar-refractivity contribution in [1.29, 1.82) is 0 Å². The van der Waals surface area contributed by atoms with Gasteiger partial charge >= 0.3 is 5.97 Å². The fraction of sp³-hybridized carbons (Fsp3) is 0.462. The van der Waals surface area contributed by atoms with Gasteiger partial charge in [0, 0.05) is 12.8 Å². The van der Waals surface area contributed by atoms with Gasteiger partial charge in [0.05, 0.1) is 13.2 Å². The van der Waals surface area contributed by atoms with Crippen LogP contribution in [0, 0.1) is 0 Å². The first kappa shape index (κ1) is 10.4. The number of carbonyl (C=O) groups excluding carboxylic acids is 1. The van der Waals surface area contributed by atoms with Crippen molar-refractivity contribution in [3.63, 3.8) is 0 Å². The van der Waals surface area contributed by atoms with E-state index in [0.717, 1.165) is 29.9 Å². The van der Waals surface area contributed by atoms with Gasteiger partial charge in [-0.15, -0.1) is 0 Å². The summed E-state index contributed by atoms with van der Waals surface area (Å²) in [5.74, 6) is 1.40. The topological polar surface area (TPSA) is 44.8 Å². The Labute approximate surface area is 99.5 Å². The predicted molar refractivity (Wildman–Crippen MR) is 60.1 cm³/mol. The average Bonchev–Trinajstić information content (AvgIpc) is 2.64. The van der Waals surface area contributed by atoms with E-state index < -0.39 is 0 Å². The van der Waals surface area contributed by atoms with Crippen LogP contribution in [0.25, 0.3) is 0 Å². The molecule has 0 aromatic heterocycles. The zero-order chi connectivity index (χ0) is 11.7. The molecule has 0 saturated carbocycles. The van der Waals surface area contributed by atoms with Gasteiger partial charge < -0.3 is 14.2 Å². The molecule has 0 bridgehead atoms. The van der Waals surface area contributed by atoms with Gasteiger partial charge in [0.15, 0.2) is 11.5 Å². The number of cyclic esters (lactones) is 1. The second-order valence-electron chi connectivity index (χ2n) is 4.27. The minimum Gasteiger partial charge on any atom is -0.490 e. The molecule has 1 aromatic carbocycles. The van der Waals surface area contributed by atoms with Crippen molar-refractivity contribution in [1.82, 2.24) is 0 Å². The van der Waals surface area contributed by atoms with Crippen LogP contribution in [0.1, 0.15) is 30.9 Å². The molecule has 4 heteroatoms. The van der Waals surface area contributed by atoms with Crippen molar-refractivity contribution >= 4 is 5.97 Å². The first-order chi connectivity index (χ1) is 8.33. The Hall–Kier alpha value is -1.71. The highest BCUT2D eigenvalue weighted by Crippen LogP contribution is 2.36. The third-order valence-electron chi connectivity index (χ3n) is 3.03. The maximum absolute atomic E-state index is 11.1. The molecule has 2 heterocycles. The Morgan fingerprint density at radius 3 is 2.71 bits per heavy atom. The molecule has 0 aliphatic carbocycles. The number of carbonyl (C=O) groups is 1. The van der Waals surface area contributed by atoms with Crippen LogP contribution in [-0.2, 0) is 9.53 Å². The Balaban J connectivity index is 1.87. The molecule has 2 aliphatic rings. The predicted octanol–water partition coefficient (Wildman–Crippen LogP) is 2.23. The number of fused-ring (bicyclic) bond motifs is 1. The largest absolute Gasteiger partial charge is 0.490 e. The molecule has 3 rings (SSSR count). The number of hydrogen-bond acceptors (Lipinski definition) is 4. The van der Waals surface area contributed by atoms with Crippen LogP contribution in [-0.4, -0.2) is 19.2 Å². The van der Waals surface area contributed by atoms with Crippen LogP contribution < -0.4 is 9.47 Å². The number of esters is 1. The van der Waals surface area contributed by atoms with E-state index in [-0.39, 0.29) is 12.1 Å². The number of hydrogen-bond donors (Lipinski definition) is 0. The molecule has 0 N–H and O–H groups in total. The van der Waals surface area contributed by atoms with Crippen LogP contribution in [0.2, 0.25) is 0 Å². The van der Waals surface area contributed by atoms with Gasteiger partial charge in [0.25, 0.3) is 0 Å². The number of rotatable bonds is 1. The average molecular weight is 234 g/mol. The zero-order valence-corrected chi connectivity index (χ0v) is 9.48. The van der Waals surface area contributed by atoms with E-state index in [0.29, 0.717) is 19.6 Å². The third kappa shape index (κ3) is 2.07. The van der Waals surface area contributed by atoms with Crippen molar-refractivity contribution in [2.45, 2.75) is 25.4 Å². The minimum atomic E-state index is -0.125. The number of ether oxygens (including phenoxy) is 3. The fourth-order valence-corrected chi connectivity index (χ4v) is 2.14. The summed E-state index contributed by atoms with van der Waals surface area (Å²) in [6.07, 6.45) is 2.01. The lowest BCUT2D eigenvalue weighted by Gasteiger charge is -2.13. The molecule has 1 atom stereocenters. The van der Waals surface area contributed by atoms with Gasteiger partial charge in [0.2, 0.25) is 0 Å². The molecule has 1 aromatic rings. The quantitative estimate of drug-likeness (QED) is 0.699. The molecule has 1 saturated heterocycles. The summed E-state index contributed by atoms with van der Waals surface area (Å²) in [6, 6.07) is 5.75. The highest BCUT2D eigenvalue weighted by atomic mass is 16.6. The maximum Gasteiger partial charge on any atom is 0.306 e. The smallest absolute Gasteiger partial charge is 0.306 e. The van der Waals surface area contributed by atoms with Crippen LogP contribution in [0.4, 0.5) is 0 Å². The SMILES string of the molecule is O=C1CCC(c2ccc3c(c2)OCCCO3)O1. The van der Waals surface area contributed by atoms with Gasteiger partial charge in [-0.1, -0.05) is 6.07 Å². The Morgan fingerprint density at radius 1 is 1.12 bits per heavy atom. The summed E-state index contributed by atoms with van der Waals surface area (Å²) < 4.78 is 16.4. The molecule has 0 radical (unpaired) electrons. The summed E-state index contributed by atoms with van der Waals surface area (Å²) in [7, 11) is 0. The fourth-order valence-electron chi connectivity index (χ4n) is 2.14. The normalized spacial score (nSPS) is 23.1. The zero-order valence-electron chi connectivity index (χ0n) is 9.48. The van der Waals surface area contributed by atoms with Crippen LogP contribution in [0.15, 0.2) is 18.2 Å². The van der Waals surface area contributed by atoms with E-state index in [9.17, 15) is 4.79 Å². The lowest BCUT2D eigenvalue weighted by Crippen LogP contribution is -2.00. The molecule has 2 aliphatic heterocycles. The molecular weight excluding hydrogens is 220 g/mol. The summed E-state index contributed by atoms with van der Waals surface area (Å²) in [6.45, 7) is 1.35. The van der Waals surface area contributed by atoms with Crippen molar-refractivity contribution in [3.8, 4) is 11.5 Å². The maximum atomic E-state index is 11.1. The van der Waals surface area contributed by atoms with E-state index in [1.807, 2.05) is 18.2 Å². The van der Waals surface area contributed by atoms with Gasteiger partial charge in [-0.25, -0.2) is 0 Å². The lowest BCUT2D eigenvalue weighted by molar-refractivity contribution is -0.141. The second kappa shape index (κ2) is 4.28. The molecule has 0 spiro atoms. The monoisotopic (exact) mass is 234 g/mol. The molecule has 0 amide bonds. The van der Waals surface area contributed by atoms with Crippen molar-refractivity contribution in [2.24, 2.45) is 0 Å². The first-order valence-electron chi connectivity index (χ1n) is 5.92. The van der Waals surface area contributed by atoms with E-state index in [4.69, 9.17) is 14.2 Å². The molecule has 1 fully saturated rings. The molecule has 4 nitrogen and oxygen atoms in total. The van der Waals surface area contributed by atoms with Crippen LogP contribution in [0.5, 0.6) is 11.5 Å². The van der Waals surface area contributed by atoms with E-state index in [1.165, 1.54) is 0 Å². The summed E-state index contributed by atoms with van der Waals surface area (Å²) in [5.41, 5.74) is 0.986. The Morgan fingerprint density at radius 2 is 1.94 bits per heavy atom. The van der Waals surface area contributed by atoms with E-state index in [2.05, 4.69) is 0 Å².